The van der Waals surface area contributed by atoms with Crippen LogP contribution in [-0.4, -0.2) is 22.5 Å². The smallest absolute Gasteiger partial charge is 0.212 e. The van der Waals surface area contributed by atoms with E-state index in [4.69, 9.17) is 21.5 Å². The zero-order valence-electron chi connectivity index (χ0n) is 6.36. The van der Waals surface area contributed by atoms with E-state index in [-0.39, 0.29) is 5.17 Å². The number of hydrogen-bond donors (Lipinski definition) is 1. The molecule has 64 valence electrons. The molecule has 0 radical (unpaired) electrons. The van der Waals surface area contributed by atoms with E-state index in [0.29, 0.717) is 11.4 Å². The minimum Gasteiger partial charge on any atom is -0.481 e. The van der Waals surface area contributed by atoms with Gasteiger partial charge in [0.15, 0.2) is 5.17 Å². The first-order valence-corrected chi connectivity index (χ1v) is 3.53. The van der Waals surface area contributed by atoms with E-state index in [1.165, 1.54) is 13.3 Å². The van der Waals surface area contributed by atoms with Crippen LogP contribution in [0, 0.1) is 0 Å². The van der Waals surface area contributed by atoms with Gasteiger partial charge in [-0.2, -0.15) is 0 Å². The van der Waals surface area contributed by atoms with Crippen molar-refractivity contribution in [2.75, 3.05) is 7.11 Å². The van der Waals surface area contributed by atoms with Crippen LogP contribution in [0.5, 0.6) is 5.88 Å². The van der Waals surface area contributed by atoms with Gasteiger partial charge in [0.1, 0.15) is 0 Å². The van der Waals surface area contributed by atoms with Gasteiger partial charge in [-0.25, -0.2) is 4.98 Å². The minimum atomic E-state index is 0.00477. The number of nitrogens with zero attached hydrogens (tertiary/aromatic N) is 2. The molecular weight excluding hydrogens is 180 g/mol. The summed E-state index contributed by atoms with van der Waals surface area (Å²) in [5, 5.41) is 11.1. The molecule has 5 heteroatoms. The number of ether oxygens (including phenoxy) is 1. The Morgan fingerprint density at radius 1 is 1.67 bits per heavy atom. The van der Waals surface area contributed by atoms with Gasteiger partial charge in [-0.05, 0) is 6.07 Å². The molecule has 0 fully saturated rings. The average molecular weight is 187 g/mol. The molecule has 0 aliphatic heterocycles. The maximum Gasteiger partial charge on any atom is 0.212 e. The molecule has 4 nitrogen and oxygen atoms in total. The van der Waals surface area contributed by atoms with Crippen LogP contribution in [0.1, 0.15) is 5.56 Å². The highest BCUT2D eigenvalue weighted by Crippen LogP contribution is 2.08. The third-order valence-corrected chi connectivity index (χ3v) is 1.57. The zero-order chi connectivity index (χ0) is 8.97. The Bertz CT molecular complexity index is 284. The fourth-order valence-corrected chi connectivity index (χ4v) is 0.793. The highest BCUT2D eigenvalue weighted by atomic mass is 35.5. The lowest BCUT2D eigenvalue weighted by atomic mass is 10.3. The van der Waals surface area contributed by atoms with E-state index in [9.17, 15) is 0 Å². The summed E-state index contributed by atoms with van der Waals surface area (Å²) in [4.78, 5) is 3.87. The summed E-state index contributed by atoms with van der Waals surface area (Å²) < 4.78 is 4.83. The van der Waals surface area contributed by atoms with E-state index in [1.54, 1.807) is 12.1 Å². The van der Waals surface area contributed by atoms with E-state index < -0.39 is 0 Å². The van der Waals surface area contributed by atoms with Crippen LogP contribution in [0.3, 0.4) is 0 Å². The molecule has 1 heterocycles. The third kappa shape index (κ3) is 1.85. The Morgan fingerprint density at radius 3 is 2.83 bits per heavy atom. The molecule has 1 aromatic rings. The fraction of sp³-hybridized carbons (Fsp3) is 0.143. The van der Waals surface area contributed by atoms with Gasteiger partial charge in [0.25, 0.3) is 0 Å². The molecule has 0 spiro atoms. The maximum atomic E-state index is 8.31. The Balaban J connectivity index is 2.92. The third-order valence-electron chi connectivity index (χ3n) is 1.27. The second-order valence-electron chi connectivity index (χ2n) is 1.98. The number of aromatic nitrogens is 1. The van der Waals surface area contributed by atoms with Crippen LogP contribution in [0.15, 0.2) is 23.5 Å². The average Bonchev–Trinajstić information content (AvgIpc) is 2.17. The zero-order valence-corrected chi connectivity index (χ0v) is 7.12. The van der Waals surface area contributed by atoms with Gasteiger partial charge in [0.05, 0.1) is 7.11 Å². The van der Waals surface area contributed by atoms with Gasteiger partial charge in [-0.3, -0.25) is 0 Å². The number of oxime groups is 1. The van der Waals surface area contributed by atoms with Crippen molar-refractivity contribution in [1.82, 2.24) is 4.98 Å². The minimum absolute atomic E-state index is 0.00477. The van der Waals surface area contributed by atoms with Crippen LogP contribution in [0.25, 0.3) is 0 Å². The lowest BCUT2D eigenvalue weighted by Gasteiger charge is -1.98. The van der Waals surface area contributed by atoms with Gasteiger partial charge in [-0.1, -0.05) is 16.8 Å². The molecule has 0 atom stereocenters. The number of methoxy groups -OCH3 is 1. The predicted molar refractivity (Wildman–Crippen MR) is 45.0 cm³/mol. The largest absolute Gasteiger partial charge is 0.481 e. The molecule has 0 amide bonds. The van der Waals surface area contributed by atoms with Crippen LogP contribution >= 0.6 is 11.6 Å². The molecule has 0 bridgehead atoms. The van der Waals surface area contributed by atoms with E-state index in [1.807, 2.05) is 0 Å². The molecule has 0 unspecified atom stereocenters. The van der Waals surface area contributed by atoms with Gasteiger partial charge >= 0.3 is 0 Å². The molecule has 1 aromatic heterocycles. The second-order valence-corrected chi connectivity index (χ2v) is 2.34. The topological polar surface area (TPSA) is 54.7 Å². The first-order valence-electron chi connectivity index (χ1n) is 3.16. The van der Waals surface area contributed by atoms with Gasteiger partial charge < -0.3 is 9.94 Å². The molecule has 0 aromatic carbocycles. The summed E-state index contributed by atoms with van der Waals surface area (Å²) in [6.45, 7) is 0. The van der Waals surface area contributed by atoms with Crippen LogP contribution in [0.4, 0.5) is 0 Å². The molecule has 0 saturated carbocycles. The predicted octanol–water partition coefficient (Wildman–Crippen LogP) is 1.46. The second kappa shape index (κ2) is 3.92. The number of halogens is 1. The quantitative estimate of drug-likeness (QED) is 0.432. The Kier molecular flexibility index (Phi) is 2.88. The summed E-state index contributed by atoms with van der Waals surface area (Å²) in [7, 11) is 1.52. The van der Waals surface area contributed by atoms with Crippen molar-refractivity contribution in [1.29, 1.82) is 0 Å². The molecule has 12 heavy (non-hydrogen) atoms. The number of hydrogen-bond acceptors (Lipinski definition) is 4. The molecule has 1 rings (SSSR count). The van der Waals surface area contributed by atoms with Crippen molar-refractivity contribution in [3.63, 3.8) is 0 Å². The maximum absolute atomic E-state index is 8.31. The van der Waals surface area contributed by atoms with Crippen LogP contribution in [0.2, 0.25) is 0 Å². The summed E-state index contributed by atoms with van der Waals surface area (Å²) in [6.07, 6.45) is 1.46. The highest BCUT2D eigenvalue weighted by molar-refractivity contribution is 6.69. The molecular formula is C7H7ClN2O2. The van der Waals surface area contributed by atoms with E-state index in [0.717, 1.165) is 0 Å². The van der Waals surface area contributed by atoms with Gasteiger partial charge in [0.2, 0.25) is 5.88 Å². The lowest BCUT2D eigenvalue weighted by molar-refractivity contribution is 0.321. The molecule has 0 aliphatic rings. The van der Waals surface area contributed by atoms with Crippen molar-refractivity contribution in [3.05, 3.63) is 23.9 Å². The number of pyridine rings is 1. The van der Waals surface area contributed by atoms with Crippen molar-refractivity contribution >= 4 is 16.8 Å². The van der Waals surface area contributed by atoms with E-state index >= 15 is 0 Å². The standard InChI is InChI=1S/C7H7ClN2O2/c1-12-6-3-2-5(4-9-6)7(8)10-11/h2-4,11H,1H3/b10-7+. The van der Waals surface area contributed by atoms with Gasteiger partial charge in [-0.15, -0.1) is 0 Å². The summed E-state index contributed by atoms with van der Waals surface area (Å²) in [5.41, 5.74) is 0.542. The molecule has 0 saturated heterocycles. The first-order chi connectivity index (χ1) is 5.77. The van der Waals surface area contributed by atoms with Crippen LogP contribution < -0.4 is 4.74 Å². The normalized spacial score (nSPS) is 11.3. The lowest BCUT2D eigenvalue weighted by Crippen LogP contribution is -1.93. The van der Waals surface area contributed by atoms with Crippen molar-refractivity contribution in [3.8, 4) is 5.88 Å². The summed E-state index contributed by atoms with van der Waals surface area (Å²) in [6, 6.07) is 3.27. The van der Waals surface area contributed by atoms with Crippen molar-refractivity contribution in [2.45, 2.75) is 0 Å². The molecule has 0 aliphatic carbocycles. The SMILES string of the molecule is COc1ccc(/C(Cl)=N\O)cn1. The number of rotatable bonds is 2. The van der Waals surface area contributed by atoms with E-state index in [2.05, 4.69) is 10.1 Å². The van der Waals surface area contributed by atoms with Gasteiger partial charge in [0, 0.05) is 17.8 Å². The Labute approximate surface area is 74.4 Å². The Morgan fingerprint density at radius 2 is 2.42 bits per heavy atom. The summed E-state index contributed by atoms with van der Waals surface area (Å²) >= 11 is 5.51. The monoisotopic (exact) mass is 186 g/mol. The molecule has 1 N–H and O–H groups in total. The summed E-state index contributed by atoms with van der Waals surface area (Å²) in [5.74, 6) is 0.487. The highest BCUT2D eigenvalue weighted by Gasteiger charge is 2.00. The first kappa shape index (κ1) is 8.80. The van der Waals surface area contributed by atoms with Crippen LogP contribution in [-0.2, 0) is 0 Å². The fourth-order valence-electron chi connectivity index (χ4n) is 0.681. The van der Waals surface area contributed by atoms with Crippen molar-refractivity contribution < 1.29 is 9.94 Å². The Hall–Kier alpha value is -1.29. The van der Waals surface area contributed by atoms with Crippen molar-refractivity contribution in [2.24, 2.45) is 5.16 Å².